The maximum atomic E-state index is 12.8. The number of aromatic nitrogens is 4. The number of imidazole rings is 1. The summed E-state index contributed by atoms with van der Waals surface area (Å²) in [6, 6.07) is 7.81. The van der Waals surface area contributed by atoms with E-state index in [2.05, 4.69) is 9.97 Å². The zero-order valence-corrected chi connectivity index (χ0v) is 13.2. The lowest BCUT2D eigenvalue weighted by atomic mass is 10.4. The first-order chi connectivity index (χ1) is 10.8. The number of thiophene rings is 1. The third-order valence-electron chi connectivity index (χ3n) is 3.47. The highest BCUT2D eigenvalue weighted by molar-refractivity contribution is 7.09. The first-order valence-electron chi connectivity index (χ1n) is 6.76. The monoisotopic (exact) mass is 328 g/mol. The number of pyridine rings is 1. The summed E-state index contributed by atoms with van der Waals surface area (Å²) in [5.74, 6) is 0. The Balaban J connectivity index is 1.86. The number of thiazole rings is 1. The summed E-state index contributed by atoms with van der Waals surface area (Å²) in [6.45, 7) is 1.02. The quantitative estimate of drug-likeness (QED) is 0.579. The summed E-state index contributed by atoms with van der Waals surface area (Å²) in [7, 11) is 0. The van der Waals surface area contributed by atoms with Gasteiger partial charge in [-0.05, 0) is 23.6 Å². The van der Waals surface area contributed by atoms with Crippen molar-refractivity contribution in [2.24, 2.45) is 0 Å². The maximum Gasteiger partial charge on any atom is 0.331 e. The minimum atomic E-state index is -0.0462. The topological polar surface area (TPSA) is 52.7 Å². The molecule has 7 heteroatoms. The van der Waals surface area contributed by atoms with Crippen LogP contribution in [-0.4, -0.2) is 19.1 Å². The second kappa shape index (κ2) is 5.51. The minimum Gasteiger partial charge on any atom is -0.284 e. The van der Waals surface area contributed by atoms with Crippen LogP contribution >= 0.6 is 22.7 Å². The summed E-state index contributed by atoms with van der Waals surface area (Å²) in [5.41, 5.74) is 4.19. The predicted octanol–water partition coefficient (Wildman–Crippen LogP) is 2.81. The minimum absolute atomic E-state index is 0.0462. The Bertz CT molecular complexity index is 875. The zero-order valence-electron chi connectivity index (χ0n) is 11.5. The van der Waals surface area contributed by atoms with Gasteiger partial charge in [-0.1, -0.05) is 6.07 Å². The average molecular weight is 328 g/mol. The van der Waals surface area contributed by atoms with Gasteiger partial charge in [0.2, 0.25) is 0 Å². The molecule has 4 heterocycles. The first-order valence-corrected chi connectivity index (χ1v) is 8.58. The molecule has 5 nitrogen and oxygen atoms in total. The fourth-order valence-electron chi connectivity index (χ4n) is 2.48. The second-order valence-electron chi connectivity index (χ2n) is 4.86. The van der Waals surface area contributed by atoms with Crippen LogP contribution in [0.2, 0.25) is 0 Å². The fraction of sp³-hybridized carbons (Fsp3) is 0.133. The maximum absolute atomic E-state index is 12.8. The lowest BCUT2D eigenvalue weighted by Gasteiger charge is -1.99. The smallest absolute Gasteiger partial charge is 0.284 e. The van der Waals surface area contributed by atoms with Gasteiger partial charge in [0.15, 0.2) is 5.65 Å². The molecule has 0 bridgehead atoms. The molecule has 110 valence electrons. The number of hydrogen-bond donors (Lipinski definition) is 0. The van der Waals surface area contributed by atoms with Crippen molar-refractivity contribution in [1.29, 1.82) is 0 Å². The molecule has 22 heavy (non-hydrogen) atoms. The van der Waals surface area contributed by atoms with Crippen LogP contribution in [-0.2, 0) is 13.1 Å². The molecule has 0 unspecified atom stereocenters. The van der Waals surface area contributed by atoms with Gasteiger partial charge in [0.25, 0.3) is 0 Å². The normalized spacial score (nSPS) is 11.3. The molecule has 0 saturated heterocycles. The van der Waals surface area contributed by atoms with E-state index >= 15 is 0 Å². The number of fused-ring (bicyclic) bond motifs is 1. The summed E-state index contributed by atoms with van der Waals surface area (Å²) >= 11 is 3.18. The van der Waals surface area contributed by atoms with Gasteiger partial charge in [-0.2, -0.15) is 0 Å². The number of hydrogen-bond acceptors (Lipinski definition) is 5. The largest absolute Gasteiger partial charge is 0.331 e. The van der Waals surface area contributed by atoms with Gasteiger partial charge in [0, 0.05) is 16.5 Å². The van der Waals surface area contributed by atoms with Crippen molar-refractivity contribution in [3.8, 4) is 0 Å². The molecule has 0 fully saturated rings. The second-order valence-corrected chi connectivity index (χ2v) is 6.61. The molecule has 0 aromatic carbocycles. The highest BCUT2D eigenvalue weighted by Crippen LogP contribution is 2.16. The Morgan fingerprint density at radius 3 is 2.82 bits per heavy atom. The molecule has 0 aliphatic carbocycles. The van der Waals surface area contributed by atoms with Crippen molar-refractivity contribution in [2.75, 3.05) is 0 Å². The summed E-state index contributed by atoms with van der Waals surface area (Å²) < 4.78 is 3.47. The lowest BCUT2D eigenvalue weighted by molar-refractivity contribution is 0.696. The van der Waals surface area contributed by atoms with Crippen molar-refractivity contribution in [3.63, 3.8) is 0 Å². The van der Waals surface area contributed by atoms with Crippen LogP contribution in [0.15, 0.2) is 51.5 Å². The van der Waals surface area contributed by atoms with Crippen molar-refractivity contribution in [2.45, 2.75) is 13.1 Å². The molecule has 0 amide bonds. The van der Waals surface area contributed by atoms with E-state index in [4.69, 9.17) is 0 Å². The van der Waals surface area contributed by atoms with Gasteiger partial charge >= 0.3 is 5.69 Å². The predicted molar refractivity (Wildman–Crippen MR) is 88.6 cm³/mol. The Kier molecular flexibility index (Phi) is 3.36. The van der Waals surface area contributed by atoms with E-state index in [1.807, 2.05) is 35.0 Å². The first kappa shape index (κ1) is 13.4. The van der Waals surface area contributed by atoms with Crippen LogP contribution < -0.4 is 5.69 Å². The molecule has 0 N–H and O–H groups in total. The Morgan fingerprint density at radius 2 is 2.05 bits per heavy atom. The van der Waals surface area contributed by atoms with Gasteiger partial charge < -0.3 is 0 Å². The molecule has 0 spiro atoms. The van der Waals surface area contributed by atoms with Crippen molar-refractivity contribution in [1.82, 2.24) is 19.1 Å². The van der Waals surface area contributed by atoms with Gasteiger partial charge in [-0.25, -0.2) is 14.8 Å². The van der Waals surface area contributed by atoms with Gasteiger partial charge in [0.05, 0.1) is 29.8 Å². The lowest BCUT2D eigenvalue weighted by Crippen LogP contribution is -2.25. The number of rotatable bonds is 4. The van der Waals surface area contributed by atoms with Crippen LogP contribution in [0.1, 0.15) is 10.6 Å². The summed E-state index contributed by atoms with van der Waals surface area (Å²) in [6.07, 6.45) is 1.72. The van der Waals surface area contributed by atoms with E-state index < -0.39 is 0 Å². The highest BCUT2D eigenvalue weighted by atomic mass is 32.1. The summed E-state index contributed by atoms with van der Waals surface area (Å²) in [4.78, 5) is 22.6. The van der Waals surface area contributed by atoms with E-state index in [1.54, 1.807) is 32.2 Å². The van der Waals surface area contributed by atoms with Crippen molar-refractivity contribution in [3.05, 3.63) is 67.8 Å². The van der Waals surface area contributed by atoms with E-state index in [1.165, 1.54) is 11.3 Å². The van der Waals surface area contributed by atoms with E-state index in [0.717, 1.165) is 21.7 Å². The molecule has 4 rings (SSSR count). The van der Waals surface area contributed by atoms with E-state index in [-0.39, 0.29) is 5.69 Å². The fourth-order valence-corrected chi connectivity index (χ4v) is 3.72. The standard InChI is InChI=1S/C15H12N4OS2/c20-15-18(7-11-9-21-10-17-11)13-4-1-5-16-14(13)19(15)8-12-3-2-6-22-12/h1-6,9-10H,7-8H2. The third kappa shape index (κ3) is 2.28. The highest BCUT2D eigenvalue weighted by Gasteiger charge is 2.15. The Hall–Kier alpha value is -2.25. The number of nitrogens with zero attached hydrogens (tertiary/aromatic N) is 4. The van der Waals surface area contributed by atoms with Gasteiger partial charge in [-0.3, -0.25) is 9.13 Å². The van der Waals surface area contributed by atoms with Crippen LogP contribution in [0.3, 0.4) is 0 Å². The zero-order chi connectivity index (χ0) is 14.9. The van der Waals surface area contributed by atoms with Crippen LogP contribution in [0.25, 0.3) is 11.2 Å². The van der Waals surface area contributed by atoms with E-state index in [0.29, 0.717) is 13.1 Å². The van der Waals surface area contributed by atoms with E-state index in [9.17, 15) is 4.79 Å². The van der Waals surface area contributed by atoms with Crippen LogP contribution in [0.4, 0.5) is 0 Å². The molecule has 0 radical (unpaired) electrons. The Morgan fingerprint density at radius 1 is 1.09 bits per heavy atom. The van der Waals surface area contributed by atoms with Gasteiger partial charge in [-0.15, -0.1) is 22.7 Å². The summed E-state index contributed by atoms with van der Waals surface area (Å²) in [5, 5.41) is 3.98. The van der Waals surface area contributed by atoms with Crippen LogP contribution in [0, 0.1) is 0 Å². The molecule has 0 saturated carbocycles. The Labute approximate surface area is 134 Å². The molecule has 4 aromatic rings. The molecule has 0 aliphatic rings. The molecular weight excluding hydrogens is 316 g/mol. The molecular formula is C15H12N4OS2. The van der Waals surface area contributed by atoms with Crippen LogP contribution in [0.5, 0.6) is 0 Å². The molecule has 4 aromatic heterocycles. The molecule has 0 atom stereocenters. The van der Waals surface area contributed by atoms with Crippen molar-refractivity contribution < 1.29 is 0 Å². The third-order valence-corrected chi connectivity index (χ3v) is 4.97. The SMILES string of the molecule is O=c1n(Cc2cscn2)c2cccnc2n1Cc1cccs1. The average Bonchev–Trinajstić information content (AvgIpc) is 3.27. The van der Waals surface area contributed by atoms with Gasteiger partial charge in [0.1, 0.15) is 0 Å². The molecule has 0 aliphatic heterocycles. The van der Waals surface area contributed by atoms with Crippen molar-refractivity contribution >= 4 is 33.8 Å².